The first-order chi connectivity index (χ1) is 19.7. The molecule has 2 N–H and O–H groups in total. The largest absolute Gasteiger partial charge is 0.487 e. The summed E-state index contributed by atoms with van der Waals surface area (Å²) in [4.78, 5) is 41.0. The van der Waals surface area contributed by atoms with Crippen LogP contribution in [0.5, 0.6) is 11.6 Å². The minimum Gasteiger partial charge on any atom is -0.487 e. The molecule has 0 radical (unpaired) electrons. The Balaban J connectivity index is 1.26. The maximum Gasteiger partial charge on any atom is 0.412 e. The highest BCUT2D eigenvalue weighted by atomic mass is 32.1. The number of fused-ring (bicyclic) bond motifs is 2. The Kier molecular flexibility index (Phi) is 7.88. The molecule has 0 aliphatic rings. The van der Waals surface area contributed by atoms with Crippen molar-refractivity contribution in [3.8, 4) is 22.2 Å². The molecule has 13 heteroatoms. The van der Waals surface area contributed by atoms with Crippen molar-refractivity contribution in [1.29, 1.82) is 0 Å². The van der Waals surface area contributed by atoms with Crippen LogP contribution < -0.4 is 20.1 Å². The van der Waals surface area contributed by atoms with Crippen LogP contribution >= 0.6 is 11.3 Å². The van der Waals surface area contributed by atoms with Crippen molar-refractivity contribution in [2.75, 3.05) is 24.4 Å². The number of rotatable bonds is 8. The van der Waals surface area contributed by atoms with Crippen LogP contribution in [0.1, 0.15) is 19.4 Å². The molecule has 0 saturated heterocycles. The topological polar surface area (TPSA) is 137 Å². The molecular weight excluding hydrogens is 551 g/mol. The summed E-state index contributed by atoms with van der Waals surface area (Å²) in [6, 6.07) is 9.88. The van der Waals surface area contributed by atoms with E-state index in [1.54, 1.807) is 31.3 Å². The molecule has 3 heterocycles. The molecule has 5 aromatic rings. The van der Waals surface area contributed by atoms with Gasteiger partial charge in [-0.3, -0.25) is 10.1 Å². The van der Waals surface area contributed by atoms with Gasteiger partial charge in [-0.25, -0.2) is 29.1 Å². The van der Waals surface area contributed by atoms with Gasteiger partial charge in [0.05, 0.1) is 46.4 Å². The summed E-state index contributed by atoms with van der Waals surface area (Å²) in [5.74, 6) is -0.0667. The molecule has 41 heavy (non-hydrogen) atoms. The summed E-state index contributed by atoms with van der Waals surface area (Å²) >= 11 is 1.38. The van der Waals surface area contributed by atoms with Crippen molar-refractivity contribution in [2.45, 2.75) is 26.9 Å². The molecule has 210 valence electrons. The Bertz CT molecular complexity index is 1760. The van der Waals surface area contributed by atoms with Crippen molar-refractivity contribution in [2.24, 2.45) is 0 Å². The number of thiazole rings is 1. The molecule has 2 aromatic carbocycles. The molecule has 0 bridgehead atoms. The lowest BCUT2D eigenvalue weighted by Gasteiger charge is -2.15. The smallest absolute Gasteiger partial charge is 0.412 e. The molecule has 0 unspecified atom stereocenters. The van der Waals surface area contributed by atoms with Crippen molar-refractivity contribution in [1.82, 2.24) is 19.9 Å². The van der Waals surface area contributed by atoms with Crippen LogP contribution in [0.4, 0.5) is 20.7 Å². The van der Waals surface area contributed by atoms with Gasteiger partial charge in [-0.15, -0.1) is 11.3 Å². The predicted molar refractivity (Wildman–Crippen MR) is 153 cm³/mol. The average Bonchev–Trinajstić information content (AvgIpc) is 3.34. The van der Waals surface area contributed by atoms with E-state index in [1.165, 1.54) is 37.6 Å². The number of methoxy groups -OCH3 is 1. The summed E-state index contributed by atoms with van der Waals surface area (Å²) < 4.78 is 31.8. The first kappa shape index (κ1) is 27.6. The number of anilines is 2. The third kappa shape index (κ3) is 6.47. The summed E-state index contributed by atoms with van der Waals surface area (Å²) in [6.07, 6.45) is 1.50. The zero-order valence-electron chi connectivity index (χ0n) is 22.5. The fraction of sp³-hybridized carbons (Fsp3) is 0.214. The number of aromatic nitrogens is 4. The number of halogens is 1. The maximum absolute atomic E-state index is 14.9. The van der Waals surface area contributed by atoms with E-state index >= 15 is 0 Å². The second-order valence-corrected chi connectivity index (χ2v) is 10.2. The van der Waals surface area contributed by atoms with Gasteiger partial charge in [0, 0.05) is 24.6 Å². The zero-order chi connectivity index (χ0) is 29.1. The molecule has 0 aliphatic carbocycles. The fourth-order valence-electron chi connectivity index (χ4n) is 3.96. The molecule has 2 amide bonds. The Labute approximate surface area is 237 Å². The van der Waals surface area contributed by atoms with E-state index in [9.17, 15) is 14.0 Å². The molecule has 11 nitrogen and oxygen atoms in total. The number of pyridine rings is 1. The van der Waals surface area contributed by atoms with Crippen molar-refractivity contribution < 1.29 is 28.2 Å². The van der Waals surface area contributed by atoms with Gasteiger partial charge in [-0.05, 0) is 43.7 Å². The quantitative estimate of drug-likeness (QED) is 0.237. The molecule has 5 rings (SSSR count). The number of ether oxygens (including phenoxy) is 3. The first-order valence-corrected chi connectivity index (χ1v) is 13.3. The van der Waals surface area contributed by atoms with E-state index < -0.39 is 18.0 Å². The monoisotopic (exact) mass is 576 g/mol. The summed E-state index contributed by atoms with van der Waals surface area (Å²) in [6.45, 7) is 4.86. The molecule has 0 fully saturated rings. The van der Waals surface area contributed by atoms with Crippen LogP contribution in [0.25, 0.3) is 31.8 Å². The number of carbonyl (C=O) groups excluding carboxylic acids is 2. The lowest BCUT2D eigenvalue weighted by atomic mass is 10.1. The minimum absolute atomic E-state index is 0.0138. The Morgan fingerprint density at radius 1 is 1.05 bits per heavy atom. The second kappa shape index (κ2) is 11.7. The van der Waals surface area contributed by atoms with Crippen LogP contribution in [0.15, 0.2) is 48.8 Å². The highest BCUT2D eigenvalue weighted by Gasteiger charge is 2.17. The highest BCUT2D eigenvalue weighted by molar-refractivity contribution is 7.21. The Morgan fingerprint density at radius 3 is 2.61 bits per heavy atom. The molecule has 0 saturated carbocycles. The normalized spacial score (nSPS) is 11.7. The molecular formula is C28H25FN6O5S. The number of carbonyl (C=O) groups is 2. The number of hydrogen-bond acceptors (Lipinski definition) is 10. The van der Waals surface area contributed by atoms with E-state index in [1.807, 2.05) is 19.1 Å². The lowest BCUT2D eigenvalue weighted by Crippen LogP contribution is -2.25. The third-order valence-corrected chi connectivity index (χ3v) is 6.80. The van der Waals surface area contributed by atoms with Crippen molar-refractivity contribution in [3.05, 3.63) is 60.2 Å². The standard InChI is InChI=1S/C28H25FN6O5S/c1-14-7-18(26-21(8-14)34-25(38-4)12-31-26)27-35-20-9-19(29)22(10-23(20)41-27)39-13-15(2)40-28(37)33-17-5-6-24(30-11-17)32-16(3)36/h5-12,15H,13H2,1-4H3,(H,33,37)(H,30,32,36)/t15-/m1/s1. The molecule has 3 aromatic heterocycles. The number of amides is 2. The van der Waals surface area contributed by atoms with Crippen LogP contribution in [-0.4, -0.2) is 51.8 Å². The maximum atomic E-state index is 14.9. The molecule has 0 spiro atoms. The number of aryl methyl sites for hydroxylation is 1. The zero-order valence-corrected chi connectivity index (χ0v) is 23.3. The van der Waals surface area contributed by atoms with E-state index in [0.29, 0.717) is 43.6 Å². The van der Waals surface area contributed by atoms with Gasteiger partial charge < -0.3 is 19.5 Å². The predicted octanol–water partition coefficient (Wildman–Crippen LogP) is 5.73. The van der Waals surface area contributed by atoms with Crippen molar-refractivity contribution >= 4 is 56.1 Å². The SMILES string of the molecule is COc1cnc2c(-c3nc4cc(F)c(OC[C@@H](C)OC(=O)Nc5ccc(NC(C)=O)nc5)cc4s3)cc(C)cc2n1. The number of hydrogen-bond donors (Lipinski definition) is 2. The van der Waals surface area contributed by atoms with Crippen LogP contribution in [0.2, 0.25) is 0 Å². The van der Waals surface area contributed by atoms with E-state index in [-0.39, 0.29) is 18.3 Å². The number of nitrogens with zero attached hydrogens (tertiary/aromatic N) is 4. The number of benzene rings is 2. The first-order valence-electron chi connectivity index (χ1n) is 12.4. The summed E-state index contributed by atoms with van der Waals surface area (Å²) in [5, 5.41) is 5.74. The summed E-state index contributed by atoms with van der Waals surface area (Å²) in [7, 11) is 1.53. The molecule has 0 aliphatic heterocycles. The minimum atomic E-state index is -0.732. The van der Waals surface area contributed by atoms with E-state index in [2.05, 4.69) is 30.6 Å². The second-order valence-electron chi connectivity index (χ2n) is 9.13. The Hall–Kier alpha value is -4.91. The molecule has 1 atom stereocenters. The third-order valence-electron chi connectivity index (χ3n) is 5.75. The number of nitrogens with one attached hydrogen (secondary N) is 2. The van der Waals surface area contributed by atoms with Gasteiger partial charge in [-0.1, -0.05) is 0 Å². The van der Waals surface area contributed by atoms with Gasteiger partial charge in [0.15, 0.2) is 11.6 Å². The van der Waals surface area contributed by atoms with Gasteiger partial charge in [-0.2, -0.15) is 0 Å². The summed E-state index contributed by atoms with van der Waals surface area (Å²) in [5.41, 5.74) is 3.95. The van der Waals surface area contributed by atoms with E-state index in [4.69, 9.17) is 14.2 Å². The van der Waals surface area contributed by atoms with Crippen LogP contribution in [0.3, 0.4) is 0 Å². The van der Waals surface area contributed by atoms with Gasteiger partial charge in [0.25, 0.3) is 0 Å². The van der Waals surface area contributed by atoms with Crippen LogP contribution in [0, 0.1) is 12.7 Å². The average molecular weight is 577 g/mol. The lowest BCUT2D eigenvalue weighted by molar-refractivity contribution is -0.114. The van der Waals surface area contributed by atoms with Crippen LogP contribution in [-0.2, 0) is 9.53 Å². The van der Waals surface area contributed by atoms with Gasteiger partial charge in [0.2, 0.25) is 11.8 Å². The van der Waals surface area contributed by atoms with Crippen molar-refractivity contribution in [3.63, 3.8) is 0 Å². The highest BCUT2D eigenvalue weighted by Crippen LogP contribution is 2.37. The fourth-order valence-corrected chi connectivity index (χ4v) is 4.95. The Morgan fingerprint density at radius 2 is 1.88 bits per heavy atom. The van der Waals surface area contributed by atoms with Gasteiger partial charge >= 0.3 is 6.09 Å². The van der Waals surface area contributed by atoms with E-state index in [0.717, 1.165) is 11.1 Å². The van der Waals surface area contributed by atoms with Gasteiger partial charge in [0.1, 0.15) is 23.5 Å².